The summed E-state index contributed by atoms with van der Waals surface area (Å²) in [6, 6.07) is 7.46. The number of aliphatic carboxylic acids is 1. The molecule has 1 amide bonds. The fourth-order valence-electron chi connectivity index (χ4n) is 2.62. The molecule has 3 rings (SSSR count). The fourth-order valence-corrected chi connectivity index (χ4v) is 2.62. The van der Waals surface area contributed by atoms with Crippen LogP contribution in [-0.4, -0.2) is 35.0 Å². The van der Waals surface area contributed by atoms with Crippen LogP contribution in [0.2, 0.25) is 0 Å². The average molecular weight is 273 g/mol. The molecule has 0 saturated carbocycles. The number of furan rings is 1. The number of hydrogen-bond acceptors (Lipinski definition) is 3. The van der Waals surface area contributed by atoms with Gasteiger partial charge in [0.2, 0.25) is 0 Å². The largest absolute Gasteiger partial charge is 0.481 e. The minimum absolute atomic E-state index is 0.232. The summed E-state index contributed by atoms with van der Waals surface area (Å²) in [5.74, 6) is -1.27. The molecule has 1 N–H and O–H groups in total. The van der Waals surface area contributed by atoms with E-state index >= 15 is 0 Å². The van der Waals surface area contributed by atoms with E-state index in [1.54, 1.807) is 11.0 Å². The lowest BCUT2D eigenvalue weighted by Gasteiger charge is -2.13. The third-order valence-electron chi connectivity index (χ3n) is 3.78. The molecule has 2 aromatic rings. The Kier molecular flexibility index (Phi) is 2.97. The number of amides is 1. The molecule has 5 heteroatoms. The van der Waals surface area contributed by atoms with Crippen molar-refractivity contribution in [1.82, 2.24) is 4.90 Å². The van der Waals surface area contributed by atoms with Gasteiger partial charge in [-0.1, -0.05) is 18.2 Å². The molecule has 1 fully saturated rings. The minimum atomic E-state index is -0.847. The minimum Gasteiger partial charge on any atom is -0.481 e. The number of rotatable bonds is 2. The number of para-hydroxylation sites is 1. The van der Waals surface area contributed by atoms with Gasteiger partial charge in [0.25, 0.3) is 5.91 Å². The highest BCUT2D eigenvalue weighted by Gasteiger charge is 2.32. The summed E-state index contributed by atoms with van der Waals surface area (Å²) in [4.78, 5) is 24.8. The number of carbonyl (C=O) groups excluding carboxylic acids is 1. The molecule has 0 radical (unpaired) electrons. The first kappa shape index (κ1) is 12.7. The Labute approximate surface area is 115 Å². The smallest absolute Gasteiger partial charge is 0.308 e. The van der Waals surface area contributed by atoms with Crippen molar-refractivity contribution in [1.29, 1.82) is 0 Å². The van der Waals surface area contributed by atoms with Crippen molar-refractivity contribution >= 4 is 22.8 Å². The normalized spacial score (nSPS) is 18.6. The van der Waals surface area contributed by atoms with E-state index < -0.39 is 11.9 Å². The third-order valence-corrected chi connectivity index (χ3v) is 3.78. The van der Waals surface area contributed by atoms with Gasteiger partial charge in [-0.05, 0) is 25.0 Å². The van der Waals surface area contributed by atoms with Crippen molar-refractivity contribution in [2.75, 3.05) is 13.1 Å². The molecule has 1 aromatic carbocycles. The van der Waals surface area contributed by atoms with Crippen LogP contribution < -0.4 is 0 Å². The zero-order valence-corrected chi connectivity index (χ0v) is 11.1. The summed E-state index contributed by atoms with van der Waals surface area (Å²) >= 11 is 0. The van der Waals surface area contributed by atoms with E-state index in [1.165, 1.54) is 0 Å². The first-order valence-corrected chi connectivity index (χ1v) is 6.57. The molecule has 104 valence electrons. The second-order valence-electron chi connectivity index (χ2n) is 5.18. The van der Waals surface area contributed by atoms with Crippen LogP contribution in [-0.2, 0) is 4.79 Å². The van der Waals surface area contributed by atoms with Gasteiger partial charge in [-0.15, -0.1) is 0 Å². The Morgan fingerprint density at radius 3 is 2.85 bits per heavy atom. The SMILES string of the molecule is Cc1cccc2cc(C(=O)N3CCC(C(=O)O)C3)oc12. The van der Waals surface area contributed by atoms with E-state index in [2.05, 4.69) is 0 Å². The molecule has 1 aromatic heterocycles. The number of benzene rings is 1. The van der Waals surface area contributed by atoms with Gasteiger partial charge in [-0.2, -0.15) is 0 Å². The zero-order chi connectivity index (χ0) is 14.3. The van der Waals surface area contributed by atoms with Crippen LogP contribution in [0, 0.1) is 12.8 Å². The molecule has 1 saturated heterocycles. The van der Waals surface area contributed by atoms with Crippen molar-refractivity contribution in [3.63, 3.8) is 0 Å². The Bertz CT molecular complexity index is 688. The highest BCUT2D eigenvalue weighted by atomic mass is 16.4. The van der Waals surface area contributed by atoms with Gasteiger partial charge in [-0.3, -0.25) is 9.59 Å². The number of carboxylic acids is 1. The maximum atomic E-state index is 12.3. The second-order valence-corrected chi connectivity index (χ2v) is 5.18. The van der Waals surface area contributed by atoms with E-state index in [4.69, 9.17) is 9.52 Å². The van der Waals surface area contributed by atoms with Gasteiger partial charge in [0.15, 0.2) is 5.76 Å². The van der Waals surface area contributed by atoms with Crippen LogP contribution in [0.4, 0.5) is 0 Å². The first-order valence-electron chi connectivity index (χ1n) is 6.57. The van der Waals surface area contributed by atoms with Crippen molar-refractivity contribution in [2.24, 2.45) is 5.92 Å². The highest BCUT2D eigenvalue weighted by Crippen LogP contribution is 2.25. The molecule has 1 aliphatic heterocycles. The summed E-state index contributed by atoms with van der Waals surface area (Å²) in [6.45, 7) is 2.65. The van der Waals surface area contributed by atoms with Crippen LogP contribution in [0.15, 0.2) is 28.7 Å². The molecule has 1 unspecified atom stereocenters. The lowest BCUT2D eigenvalue weighted by atomic mass is 10.1. The summed E-state index contributed by atoms with van der Waals surface area (Å²) in [6.07, 6.45) is 0.500. The van der Waals surface area contributed by atoms with Crippen LogP contribution >= 0.6 is 0 Å². The predicted molar refractivity (Wildman–Crippen MR) is 72.6 cm³/mol. The molecule has 20 heavy (non-hydrogen) atoms. The zero-order valence-electron chi connectivity index (χ0n) is 11.1. The van der Waals surface area contributed by atoms with Gasteiger partial charge >= 0.3 is 5.97 Å². The number of nitrogens with zero attached hydrogens (tertiary/aromatic N) is 1. The average Bonchev–Trinajstić information content (AvgIpc) is 3.05. The quantitative estimate of drug-likeness (QED) is 0.911. The summed E-state index contributed by atoms with van der Waals surface area (Å²) in [7, 11) is 0. The monoisotopic (exact) mass is 273 g/mol. The Balaban J connectivity index is 1.86. The van der Waals surface area contributed by atoms with Crippen LogP contribution in [0.25, 0.3) is 11.0 Å². The number of aryl methyl sites for hydroxylation is 1. The van der Waals surface area contributed by atoms with E-state index in [1.807, 2.05) is 25.1 Å². The van der Waals surface area contributed by atoms with Crippen LogP contribution in [0.3, 0.4) is 0 Å². The molecular formula is C15H15NO4. The highest BCUT2D eigenvalue weighted by molar-refractivity contribution is 5.97. The van der Waals surface area contributed by atoms with E-state index in [0.29, 0.717) is 18.5 Å². The van der Waals surface area contributed by atoms with Gasteiger partial charge in [0, 0.05) is 18.5 Å². The molecule has 0 aliphatic carbocycles. The maximum Gasteiger partial charge on any atom is 0.308 e. The van der Waals surface area contributed by atoms with Gasteiger partial charge in [-0.25, -0.2) is 0 Å². The molecule has 1 aliphatic rings. The van der Waals surface area contributed by atoms with Crippen molar-refractivity contribution in [3.05, 3.63) is 35.6 Å². The summed E-state index contributed by atoms with van der Waals surface area (Å²) in [5.41, 5.74) is 1.69. The third kappa shape index (κ3) is 2.05. The Hall–Kier alpha value is -2.30. The second kappa shape index (κ2) is 4.67. The molecular weight excluding hydrogens is 258 g/mol. The Morgan fingerprint density at radius 2 is 2.20 bits per heavy atom. The van der Waals surface area contributed by atoms with Gasteiger partial charge < -0.3 is 14.4 Å². The Morgan fingerprint density at radius 1 is 1.40 bits per heavy atom. The van der Waals surface area contributed by atoms with E-state index in [9.17, 15) is 9.59 Å². The summed E-state index contributed by atoms with van der Waals surface area (Å²) < 4.78 is 5.63. The molecule has 1 atom stereocenters. The maximum absolute atomic E-state index is 12.3. The van der Waals surface area contributed by atoms with Gasteiger partial charge in [0.05, 0.1) is 5.92 Å². The topological polar surface area (TPSA) is 70.8 Å². The van der Waals surface area contributed by atoms with Crippen LogP contribution in [0.5, 0.6) is 0 Å². The molecule has 5 nitrogen and oxygen atoms in total. The van der Waals surface area contributed by atoms with Crippen molar-refractivity contribution < 1.29 is 19.1 Å². The lowest BCUT2D eigenvalue weighted by Crippen LogP contribution is -2.29. The number of likely N-dealkylation sites (tertiary alicyclic amines) is 1. The fraction of sp³-hybridized carbons (Fsp3) is 0.333. The van der Waals surface area contributed by atoms with E-state index in [-0.39, 0.29) is 18.2 Å². The lowest BCUT2D eigenvalue weighted by molar-refractivity contribution is -0.141. The van der Waals surface area contributed by atoms with Crippen molar-refractivity contribution in [2.45, 2.75) is 13.3 Å². The molecule has 2 heterocycles. The standard InChI is InChI=1S/C15H15NO4/c1-9-3-2-4-10-7-12(20-13(9)10)14(17)16-6-5-11(8-16)15(18)19/h2-4,7,11H,5-6,8H2,1H3,(H,18,19). The predicted octanol–water partition coefficient (Wildman–Crippen LogP) is 2.29. The van der Waals surface area contributed by atoms with Crippen LogP contribution in [0.1, 0.15) is 22.5 Å². The van der Waals surface area contributed by atoms with Crippen molar-refractivity contribution in [3.8, 4) is 0 Å². The number of carboxylic acid groups (broad SMARTS) is 1. The summed E-state index contributed by atoms with van der Waals surface area (Å²) in [5, 5.41) is 9.86. The van der Waals surface area contributed by atoms with Gasteiger partial charge in [0.1, 0.15) is 5.58 Å². The van der Waals surface area contributed by atoms with E-state index in [0.717, 1.165) is 10.9 Å². The molecule has 0 bridgehead atoms. The number of fused-ring (bicyclic) bond motifs is 1. The number of carbonyl (C=O) groups is 2. The number of hydrogen-bond donors (Lipinski definition) is 1. The molecule has 0 spiro atoms. The first-order chi connectivity index (χ1) is 9.56.